The number of rotatable bonds is 4. The van der Waals surface area contributed by atoms with Crippen LogP contribution in [0.1, 0.15) is 31.2 Å². The van der Waals surface area contributed by atoms with Crippen LogP contribution in [-0.4, -0.2) is 41.1 Å². The Hall–Kier alpha value is -1.71. The normalized spacial score (nSPS) is 26.2. The summed E-state index contributed by atoms with van der Waals surface area (Å²) in [5, 5.41) is 4.51. The second-order valence-corrected chi connectivity index (χ2v) is 10.7. The molecule has 1 spiro atoms. The van der Waals surface area contributed by atoms with Crippen molar-refractivity contribution in [2.24, 2.45) is 0 Å². The fraction of sp³-hybridized carbons (Fsp3) is 0.375. The number of para-hydroxylation sites is 1. The molecule has 5 rings (SSSR count). The molecule has 1 N–H and O–H groups in total. The number of urea groups is 1. The van der Waals surface area contributed by atoms with Crippen LogP contribution >= 0.6 is 30.3 Å². The van der Waals surface area contributed by atoms with Gasteiger partial charge in [-0.3, -0.25) is 13.8 Å². The lowest BCUT2D eigenvalue weighted by atomic mass is 9.69. The Balaban J connectivity index is 1.43. The summed E-state index contributed by atoms with van der Waals surface area (Å²) >= 11 is 2.29. The van der Waals surface area contributed by atoms with Crippen molar-refractivity contribution in [2.45, 2.75) is 36.8 Å². The van der Waals surface area contributed by atoms with Gasteiger partial charge in [-0.1, -0.05) is 48.5 Å². The number of carbonyl (C=O) groups is 1. The second kappa shape index (κ2) is 8.01. The Kier molecular flexibility index (Phi) is 5.46. The summed E-state index contributed by atoms with van der Waals surface area (Å²) in [5.74, 6) is 0. The molecule has 0 radical (unpaired) electrons. The van der Waals surface area contributed by atoms with Gasteiger partial charge in [-0.05, 0) is 51.4 Å². The first kappa shape index (κ1) is 21.2. The van der Waals surface area contributed by atoms with Crippen LogP contribution in [0.4, 0.5) is 10.5 Å². The van der Waals surface area contributed by atoms with Crippen LogP contribution in [-0.2, 0) is 5.54 Å². The van der Waals surface area contributed by atoms with Crippen molar-refractivity contribution in [1.29, 1.82) is 0 Å². The van der Waals surface area contributed by atoms with Gasteiger partial charge in [-0.25, -0.2) is 4.79 Å². The smallest absolute Gasteiger partial charge is 0.322 e. The van der Waals surface area contributed by atoms with E-state index in [1.54, 1.807) is 9.12 Å². The highest BCUT2D eigenvalue weighted by Crippen LogP contribution is 2.47. The molecule has 1 saturated carbocycles. The number of carbonyl (C=O) groups excluding carboxylic acids is 1. The molecule has 1 aliphatic heterocycles. The van der Waals surface area contributed by atoms with E-state index in [-0.39, 0.29) is 17.1 Å². The maximum atomic E-state index is 13.1. The molecule has 1 aromatic heterocycles. The van der Waals surface area contributed by atoms with Gasteiger partial charge in [0.05, 0.1) is 23.3 Å². The minimum absolute atomic E-state index is 0.0263. The average Bonchev–Trinajstić information content (AvgIpc) is 3.32. The van der Waals surface area contributed by atoms with E-state index in [9.17, 15) is 4.79 Å². The Morgan fingerprint density at radius 1 is 1.00 bits per heavy atom. The lowest BCUT2D eigenvalue weighted by molar-refractivity contribution is 0.0658. The maximum absolute atomic E-state index is 13.1. The van der Waals surface area contributed by atoms with Crippen molar-refractivity contribution < 1.29 is 4.79 Å². The Labute approximate surface area is 199 Å². The highest BCUT2D eigenvalue weighted by molar-refractivity contribution is 14.2. The highest BCUT2D eigenvalue weighted by atomic mass is 127. The van der Waals surface area contributed by atoms with Crippen molar-refractivity contribution in [2.75, 3.05) is 25.5 Å². The summed E-state index contributed by atoms with van der Waals surface area (Å²) in [6.45, 7) is 0.726. The number of aromatic nitrogens is 1. The molecule has 7 heteroatoms. The molecule has 31 heavy (non-hydrogen) atoms. The molecule has 2 aromatic carbocycles. The number of hydrogen-bond acceptors (Lipinski definition) is 3. The van der Waals surface area contributed by atoms with Gasteiger partial charge in [0.1, 0.15) is 0 Å². The summed E-state index contributed by atoms with van der Waals surface area (Å²) in [7, 11) is 5.99. The van der Waals surface area contributed by atoms with E-state index in [1.807, 2.05) is 17.0 Å². The summed E-state index contributed by atoms with van der Waals surface area (Å²) in [6.07, 6.45) is 6.11. The lowest BCUT2D eigenvalue weighted by Gasteiger charge is -2.48. The summed E-state index contributed by atoms with van der Waals surface area (Å²) in [5.41, 5.74) is 3.38. The van der Waals surface area contributed by atoms with Crippen LogP contribution in [0.2, 0.25) is 0 Å². The zero-order chi connectivity index (χ0) is 21.6. The fourth-order valence-corrected chi connectivity index (χ4v) is 6.83. The first-order valence-corrected chi connectivity index (χ1v) is 14.0. The molecule has 1 saturated heterocycles. The van der Waals surface area contributed by atoms with Crippen LogP contribution < -0.4 is 10.2 Å². The molecular formula is C24H27IN4OS. The Morgan fingerprint density at radius 3 is 2.35 bits per heavy atom. The quantitative estimate of drug-likeness (QED) is 0.422. The van der Waals surface area contributed by atoms with Crippen molar-refractivity contribution in [1.82, 2.24) is 14.2 Å². The van der Waals surface area contributed by atoms with Crippen molar-refractivity contribution >= 4 is 52.9 Å². The third kappa shape index (κ3) is 3.45. The van der Waals surface area contributed by atoms with Gasteiger partial charge in [0, 0.05) is 47.4 Å². The number of amides is 2. The van der Waals surface area contributed by atoms with Gasteiger partial charge in [-0.2, -0.15) is 0 Å². The standard InChI is InChI=1S/C24H27IN4OS/c1-27(2)24(18-8-4-3-5-9-18)14-12-23(13-15-24)17-28(22(30)26-23)21-16-29(31-25)20-11-7-6-10-19(20)21/h3-11,16H,12-15,17H2,1-2H3,(H,26,30)/t23-,24+. The molecule has 2 amide bonds. The molecule has 0 atom stereocenters. The molecule has 5 nitrogen and oxygen atoms in total. The topological polar surface area (TPSA) is 40.5 Å². The van der Waals surface area contributed by atoms with E-state index in [2.05, 4.69) is 98.2 Å². The minimum atomic E-state index is -0.161. The zero-order valence-electron chi connectivity index (χ0n) is 17.8. The molecule has 3 aromatic rings. The van der Waals surface area contributed by atoms with Gasteiger partial charge in [0.25, 0.3) is 0 Å². The molecule has 2 heterocycles. The summed E-state index contributed by atoms with van der Waals surface area (Å²) in [4.78, 5) is 17.5. The van der Waals surface area contributed by atoms with Crippen LogP contribution in [0.3, 0.4) is 0 Å². The number of benzene rings is 2. The number of halogens is 1. The summed E-state index contributed by atoms with van der Waals surface area (Å²) in [6, 6.07) is 19.2. The molecule has 2 aliphatic rings. The largest absolute Gasteiger partial charge is 0.330 e. The van der Waals surface area contributed by atoms with Crippen LogP contribution in [0.5, 0.6) is 0 Å². The number of fused-ring (bicyclic) bond motifs is 1. The van der Waals surface area contributed by atoms with E-state index >= 15 is 0 Å². The van der Waals surface area contributed by atoms with Crippen molar-refractivity contribution in [3.63, 3.8) is 0 Å². The van der Waals surface area contributed by atoms with E-state index in [0.717, 1.165) is 48.8 Å². The average molecular weight is 546 g/mol. The van der Waals surface area contributed by atoms with E-state index in [0.29, 0.717) is 0 Å². The van der Waals surface area contributed by atoms with Gasteiger partial charge in [0.15, 0.2) is 0 Å². The van der Waals surface area contributed by atoms with Gasteiger partial charge >= 0.3 is 6.03 Å². The van der Waals surface area contributed by atoms with Crippen molar-refractivity contribution in [3.8, 4) is 0 Å². The maximum Gasteiger partial charge on any atom is 0.322 e. The van der Waals surface area contributed by atoms with Gasteiger partial charge < -0.3 is 5.32 Å². The molecular weight excluding hydrogens is 519 g/mol. The molecule has 0 unspecified atom stereocenters. The van der Waals surface area contributed by atoms with Crippen LogP contribution in [0, 0.1) is 0 Å². The SMILES string of the molecule is CN(C)[C@]1(c2ccccc2)CC[C@]2(CC1)CN(c1cn(SI)c3ccccc13)C(=O)N2. The van der Waals surface area contributed by atoms with Gasteiger partial charge in [0.2, 0.25) is 0 Å². The van der Waals surface area contributed by atoms with Gasteiger partial charge in [-0.15, -0.1) is 0 Å². The number of hydrogen-bond donors (Lipinski definition) is 1. The Bertz CT molecular complexity index is 1110. The lowest BCUT2D eigenvalue weighted by Crippen LogP contribution is -2.54. The fourth-order valence-electron chi connectivity index (χ4n) is 5.48. The zero-order valence-corrected chi connectivity index (χ0v) is 20.8. The highest BCUT2D eigenvalue weighted by Gasteiger charge is 2.50. The molecule has 1 aliphatic carbocycles. The van der Waals surface area contributed by atoms with Crippen LogP contribution in [0.15, 0.2) is 60.8 Å². The van der Waals surface area contributed by atoms with Crippen LogP contribution in [0.25, 0.3) is 10.9 Å². The number of nitrogens with zero attached hydrogens (tertiary/aromatic N) is 3. The Morgan fingerprint density at radius 2 is 1.68 bits per heavy atom. The monoisotopic (exact) mass is 546 g/mol. The first-order valence-electron chi connectivity index (χ1n) is 10.7. The predicted molar refractivity (Wildman–Crippen MR) is 138 cm³/mol. The van der Waals surface area contributed by atoms with Crippen molar-refractivity contribution in [3.05, 3.63) is 66.4 Å². The molecule has 162 valence electrons. The third-order valence-electron chi connectivity index (χ3n) is 7.30. The predicted octanol–water partition coefficient (Wildman–Crippen LogP) is 5.79. The van der Waals surface area contributed by atoms with E-state index in [1.165, 1.54) is 5.56 Å². The number of anilines is 1. The van der Waals surface area contributed by atoms with E-state index in [4.69, 9.17) is 0 Å². The first-order chi connectivity index (χ1) is 15.0. The number of nitrogens with one attached hydrogen (secondary N) is 1. The van der Waals surface area contributed by atoms with E-state index < -0.39 is 0 Å². The molecule has 0 bridgehead atoms. The summed E-state index contributed by atoms with van der Waals surface area (Å²) < 4.78 is 2.14. The second-order valence-electron chi connectivity index (χ2n) is 9.01. The minimum Gasteiger partial charge on any atom is -0.330 e. The third-order valence-corrected chi connectivity index (χ3v) is 9.03. The molecule has 2 fully saturated rings.